The lowest BCUT2D eigenvalue weighted by Gasteiger charge is -2.26. The summed E-state index contributed by atoms with van der Waals surface area (Å²) in [6, 6.07) is 9.19. The van der Waals surface area contributed by atoms with Crippen molar-refractivity contribution < 1.29 is 28.6 Å². The van der Waals surface area contributed by atoms with Gasteiger partial charge in [-0.1, -0.05) is 30.3 Å². The lowest BCUT2D eigenvalue weighted by molar-refractivity contribution is -0.174. The molecule has 28 heavy (non-hydrogen) atoms. The number of anilines is 1. The molecule has 1 aromatic carbocycles. The maximum atomic E-state index is 11.9. The maximum absolute atomic E-state index is 11.9. The fourth-order valence-corrected chi connectivity index (χ4v) is 2.87. The van der Waals surface area contributed by atoms with Gasteiger partial charge in [-0.25, -0.2) is 14.6 Å². The number of benzene rings is 1. The second-order valence-corrected chi connectivity index (χ2v) is 7.02. The number of nitrogens with two attached hydrogens (primary N) is 1. The molecule has 0 spiro atoms. The SMILES string of the molecule is COC(=O)C(C)(C)OC(C(N)=O)c1csc(NC(=O)OCc2ccccc2)n1. The molecule has 0 aliphatic heterocycles. The van der Waals surface area contributed by atoms with Crippen LogP contribution in [0.5, 0.6) is 0 Å². The lowest BCUT2D eigenvalue weighted by Crippen LogP contribution is -2.40. The number of nitrogens with one attached hydrogen (secondary N) is 1. The number of aromatic nitrogens is 1. The highest BCUT2D eigenvalue weighted by Crippen LogP contribution is 2.28. The van der Waals surface area contributed by atoms with Gasteiger partial charge in [-0.2, -0.15) is 0 Å². The Hall–Kier alpha value is -2.98. The fraction of sp³-hybridized carbons (Fsp3) is 0.333. The average molecular weight is 407 g/mol. The van der Waals surface area contributed by atoms with Crippen molar-refractivity contribution in [1.82, 2.24) is 4.98 Å². The molecule has 1 heterocycles. The molecule has 2 aromatic rings. The van der Waals surface area contributed by atoms with Crippen molar-refractivity contribution in [3.05, 3.63) is 47.0 Å². The third-order valence-electron chi connectivity index (χ3n) is 3.56. The van der Waals surface area contributed by atoms with Gasteiger partial charge in [0.05, 0.1) is 12.8 Å². The first-order valence-electron chi connectivity index (χ1n) is 8.21. The van der Waals surface area contributed by atoms with Crippen molar-refractivity contribution in [3.8, 4) is 0 Å². The molecular weight excluding hydrogens is 386 g/mol. The summed E-state index contributed by atoms with van der Waals surface area (Å²) in [5.41, 5.74) is 4.96. The first-order valence-corrected chi connectivity index (χ1v) is 9.09. The zero-order valence-electron chi connectivity index (χ0n) is 15.6. The predicted octanol–water partition coefficient (Wildman–Crippen LogP) is 2.39. The van der Waals surface area contributed by atoms with Crippen LogP contribution in [-0.4, -0.2) is 35.7 Å². The minimum atomic E-state index is -1.42. The third-order valence-corrected chi connectivity index (χ3v) is 4.34. The molecule has 150 valence electrons. The largest absolute Gasteiger partial charge is 0.467 e. The van der Waals surface area contributed by atoms with Crippen molar-refractivity contribution >= 4 is 34.4 Å². The summed E-state index contributed by atoms with van der Waals surface area (Å²) >= 11 is 1.06. The summed E-state index contributed by atoms with van der Waals surface area (Å²) in [4.78, 5) is 39.6. The third kappa shape index (κ3) is 5.76. The maximum Gasteiger partial charge on any atom is 0.413 e. The van der Waals surface area contributed by atoms with Gasteiger partial charge in [0.2, 0.25) is 0 Å². The van der Waals surface area contributed by atoms with E-state index in [-0.39, 0.29) is 17.4 Å². The Bertz CT molecular complexity index is 837. The van der Waals surface area contributed by atoms with E-state index in [1.807, 2.05) is 30.3 Å². The van der Waals surface area contributed by atoms with E-state index in [4.69, 9.17) is 15.2 Å². The number of ether oxygens (including phenoxy) is 3. The summed E-state index contributed by atoms with van der Waals surface area (Å²) < 4.78 is 15.3. The summed E-state index contributed by atoms with van der Waals surface area (Å²) in [7, 11) is 1.21. The molecule has 1 unspecified atom stereocenters. The summed E-state index contributed by atoms with van der Waals surface area (Å²) in [6.45, 7) is 2.99. The van der Waals surface area contributed by atoms with E-state index in [0.717, 1.165) is 16.9 Å². The van der Waals surface area contributed by atoms with Gasteiger partial charge in [-0.3, -0.25) is 10.1 Å². The van der Waals surface area contributed by atoms with E-state index in [1.165, 1.54) is 26.3 Å². The molecule has 3 N–H and O–H groups in total. The second kappa shape index (κ2) is 9.29. The molecule has 0 aliphatic rings. The number of amides is 2. The van der Waals surface area contributed by atoms with Crippen LogP contribution in [0.4, 0.5) is 9.93 Å². The quantitative estimate of drug-likeness (QED) is 0.643. The molecule has 0 radical (unpaired) electrons. The van der Waals surface area contributed by atoms with Gasteiger partial charge in [-0.15, -0.1) is 11.3 Å². The van der Waals surface area contributed by atoms with Gasteiger partial charge in [-0.05, 0) is 19.4 Å². The molecule has 0 aliphatic carbocycles. The first kappa shape index (κ1) is 21.3. The molecule has 9 nitrogen and oxygen atoms in total. The smallest absolute Gasteiger partial charge is 0.413 e. The Morgan fingerprint density at radius 3 is 2.54 bits per heavy atom. The molecule has 0 saturated carbocycles. The number of nitrogens with zero attached hydrogens (tertiary/aromatic N) is 1. The first-order chi connectivity index (χ1) is 13.2. The number of hydrogen-bond acceptors (Lipinski definition) is 8. The number of hydrogen-bond donors (Lipinski definition) is 2. The zero-order valence-corrected chi connectivity index (χ0v) is 16.4. The van der Waals surface area contributed by atoms with Crippen LogP contribution in [-0.2, 0) is 30.4 Å². The van der Waals surface area contributed by atoms with Crippen LogP contribution in [0.3, 0.4) is 0 Å². The van der Waals surface area contributed by atoms with E-state index >= 15 is 0 Å². The van der Waals surface area contributed by atoms with Gasteiger partial charge >= 0.3 is 12.1 Å². The molecule has 0 fully saturated rings. The van der Waals surface area contributed by atoms with E-state index in [1.54, 1.807) is 0 Å². The number of carbonyl (C=O) groups excluding carboxylic acids is 3. The normalized spacial score (nSPS) is 12.1. The lowest BCUT2D eigenvalue weighted by atomic mass is 10.1. The molecule has 2 rings (SSSR count). The molecule has 1 atom stereocenters. The fourth-order valence-electron chi connectivity index (χ4n) is 2.16. The molecule has 2 amide bonds. The van der Waals surface area contributed by atoms with Crippen molar-refractivity contribution in [3.63, 3.8) is 0 Å². The predicted molar refractivity (Wildman–Crippen MR) is 101 cm³/mol. The second-order valence-electron chi connectivity index (χ2n) is 6.17. The monoisotopic (exact) mass is 407 g/mol. The van der Waals surface area contributed by atoms with Crippen molar-refractivity contribution in [2.45, 2.75) is 32.2 Å². The Labute approximate surface area is 165 Å². The topological polar surface area (TPSA) is 130 Å². The van der Waals surface area contributed by atoms with Crippen LogP contribution >= 0.6 is 11.3 Å². The Morgan fingerprint density at radius 1 is 1.25 bits per heavy atom. The number of esters is 1. The summed E-state index contributed by atoms with van der Waals surface area (Å²) in [5.74, 6) is -1.50. The number of thiazole rings is 1. The van der Waals surface area contributed by atoms with Crippen LogP contribution in [0.1, 0.15) is 31.2 Å². The van der Waals surface area contributed by atoms with Crippen LogP contribution in [0.2, 0.25) is 0 Å². The summed E-state index contributed by atoms with van der Waals surface area (Å²) in [5, 5.41) is 4.16. The Morgan fingerprint density at radius 2 is 1.93 bits per heavy atom. The zero-order chi connectivity index (χ0) is 20.7. The van der Waals surface area contributed by atoms with Crippen LogP contribution in [0, 0.1) is 0 Å². The minimum Gasteiger partial charge on any atom is -0.467 e. The van der Waals surface area contributed by atoms with Crippen LogP contribution < -0.4 is 11.1 Å². The molecule has 10 heteroatoms. The number of rotatable bonds is 8. The van der Waals surface area contributed by atoms with Crippen molar-refractivity contribution in [2.75, 3.05) is 12.4 Å². The Kier molecular flexibility index (Phi) is 7.07. The molecule has 0 saturated heterocycles. The van der Waals surface area contributed by atoms with Gasteiger partial charge in [0, 0.05) is 5.38 Å². The van der Waals surface area contributed by atoms with Crippen molar-refractivity contribution in [2.24, 2.45) is 5.73 Å². The standard InChI is InChI=1S/C18H21N3O6S/c1-18(2,15(23)25-3)27-13(14(19)22)12-10-28-16(20-12)21-17(24)26-9-11-7-5-4-6-8-11/h4-8,10,13H,9H2,1-3H3,(H2,19,22)(H,20,21,24). The van der Waals surface area contributed by atoms with Crippen LogP contribution in [0.25, 0.3) is 0 Å². The minimum absolute atomic E-state index is 0.102. The van der Waals surface area contributed by atoms with E-state index < -0.39 is 29.7 Å². The molecular formula is C18H21N3O6S. The van der Waals surface area contributed by atoms with Gasteiger partial charge < -0.3 is 19.9 Å². The average Bonchev–Trinajstić information content (AvgIpc) is 3.12. The van der Waals surface area contributed by atoms with Crippen LogP contribution in [0.15, 0.2) is 35.7 Å². The Balaban J connectivity index is 2.00. The van der Waals surface area contributed by atoms with Gasteiger partial charge in [0.1, 0.15) is 6.61 Å². The number of primary amides is 1. The molecule has 1 aromatic heterocycles. The van der Waals surface area contributed by atoms with Crippen molar-refractivity contribution in [1.29, 1.82) is 0 Å². The highest BCUT2D eigenvalue weighted by Gasteiger charge is 2.36. The van der Waals surface area contributed by atoms with E-state index in [2.05, 4.69) is 15.0 Å². The molecule has 0 bridgehead atoms. The van der Waals surface area contributed by atoms with E-state index in [0.29, 0.717) is 0 Å². The number of methoxy groups -OCH3 is 1. The van der Waals surface area contributed by atoms with Gasteiger partial charge in [0.15, 0.2) is 16.8 Å². The highest BCUT2D eigenvalue weighted by molar-refractivity contribution is 7.13. The summed E-state index contributed by atoms with van der Waals surface area (Å²) in [6.07, 6.45) is -1.99. The highest BCUT2D eigenvalue weighted by atomic mass is 32.1. The number of carbonyl (C=O) groups is 3. The van der Waals surface area contributed by atoms with Gasteiger partial charge in [0.25, 0.3) is 5.91 Å². The van der Waals surface area contributed by atoms with E-state index in [9.17, 15) is 14.4 Å².